The summed E-state index contributed by atoms with van der Waals surface area (Å²) in [5.41, 5.74) is -0.0419. The maximum absolute atomic E-state index is 11.9. The molecule has 1 saturated carbocycles. The van der Waals surface area contributed by atoms with Gasteiger partial charge in [0, 0.05) is 18.7 Å². The van der Waals surface area contributed by atoms with Crippen LogP contribution in [0.15, 0.2) is 0 Å². The van der Waals surface area contributed by atoms with E-state index in [-0.39, 0.29) is 30.1 Å². The summed E-state index contributed by atoms with van der Waals surface area (Å²) in [7, 11) is 0. The van der Waals surface area contributed by atoms with Gasteiger partial charge in [-0.2, -0.15) is 0 Å². The van der Waals surface area contributed by atoms with Gasteiger partial charge in [-0.25, -0.2) is 4.79 Å². The van der Waals surface area contributed by atoms with E-state index < -0.39 is 0 Å². The summed E-state index contributed by atoms with van der Waals surface area (Å²) in [6.45, 7) is 8.39. The van der Waals surface area contributed by atoms with Crippen LogP contribution in [0.5, 0.6) is 0 Å². The quantitative estimate of drug-likeness (QED) is 0.706. The number of nitrogens with one attached hydrogen (secondary N) is 2. The zero-order valence-corrected chi connectivity index (χ0v) is 12.1. The average molecular weight is 256 g/mol. The molecular formula is C14H28N2O2. The first-order valence-corrected chi connectivity index (χ1v) is 7.02. The van der Waals surface area contributed by atoms with Crippen LogP contribution in [-0.4, -0.2) is 29.8 Å². The molecule has 0 radical (unpaired) electrons. The molecule has 0 aromatic heterocycles. The number of rotatable bonds is 5. The Bertz CT molecular complexity index is 269. The molecule has 0 heterocycles. The molecule has 0 saturated heterocycles. The van der Waals surface area contributed by atoms with E-state index in [9.17, 15) is 4.79 Å². The second-order valence-corrected chi connectivity index (χ2v) is 6.53. The molecular weight excluding hydrogens is 228 g/mol. The molecule has 0 spiro atoms. The van der Waals surface area contributed by atoms with Gasteiger partial charge in [-0.1, -0.05) is 27.2 Å². The fourth-order valence-electron chi connectivity index (χ4n) is 2.32. The minimum Gasteiger partial charge on any atom is -0.396 e. The monoisotopic (exact) mass is 256 g/mol. The van der Waals surface area contributed by atoms with Gasteiger partial charge >= 0.3 is 6.03 Å². The SMILES string of the molecule is C[C@H](NC(=O)N[C@H](CCO)C(C)(C)C)C1CCC1. The van der Waals surface area contributed by atoms with E-state index >= 15 is 0 Å². The Labute approximate surface area is 111 Å². The van der Waals surface area contributed by atoms with Crippen LogP contribution in [0.1, 0.15) is 53.4 Å². The van der Waals surface area contributed by atoms with Crippen LogP contribution in [0.2, 0.25) is 0 Å². The highest BCUT2D eigenvalue weighted by Crippen LogP contribution is 2.29. The van der Waals surface area contributed by atoms with Crippen molar-refractivity contribution in [2.45, 2.75) is 65.5 Å². The van der Waals surface area contributed by atoms with E-state index in [1.807, 2.05) is 0 Å². The average Bonchev–Trinajstić information content (AvgIpc) is 2.12. The predicted molar refractivity (Wildman–Crippen MR) is 73.4 cm³/mol. The van der Waals surface area contributed by atoms with Crippen molar-refractivity contribution in [3.05, 3.63) is 0 Å². The second-order valence-electron chi connectivity index (χ2n) is 6.53. The number of aliphatic hydroxyl groups is 1. The molecule has 0 bridgehead atoms. The van der Waals surface area contributed by atoms with E-state index in [1.165, 1.54) is 19.3 Å². The van der Waals surface area contributed by atoms with Gasteiger partial charge in [-0.15, -0.1) is 0 Å². The Balaban J connectivity index is 2.40. The first-order valence-electron chi connectivity index (χ1n) is 7.02. The van der Waals surface area contributed by atoms with Gasteiger partial charge < -0.3 is 15.7 Å². The summed E-state index contributed by atoms with van der Waals surface area (Å²) in [5, 5.41) is 15.1. The fraction of sp³-hybridized carbons (Fsp3) is 0.929. The molecule has 1 rings (SSSR count). The molecule has 18 heavy (non-hydrogen) atoms. The van der Waals surface area contributed by atoms with E-state index in [4.69, 9.17) is 5.11 Å². The molecule has 0 aromatic carbocycles. The summed E-state index contributed by atoms with van der Waals surface area (Å²) in [6.07, 6.45) is 4.32. The zero-order chi connectivity index (χ0) is 13.8. The predicted octanol–water partition coefficient (Wildman–Crippen LogP) is 2.27. The van der Waals surface area contributed by atoms with Crippen LogP contribution >= 0.6 is 0 Å². The van der Waals surface area contributed by atoms with E-state index in [2.05, 4.69) is 38.3 Å². The molecule has 0 aliphatic heterocycles. The van der Waals surface area contributed by atoms with E-state index in [0.717, 1.165) is 0 Å². The number of aliphatic hydroxyl groups excluding tert-OH is 1. The Hall–Kier alpha value is -0.770. The lowest BCUT2D eigenvalue weighted by atomic mass is 9.80. The topological polar surface area (TPSA) is 61.4 Å². The van der Waals surface area contributed by atoms with Crippen molar-refractivity contribution in [1.82, 2.24) is 10.6 Å². The first kappa shape index (κ1) is 15.3. The zero-order valence-electron chi connectivity index (χ0n) is 12.1. The number of urea groups is 1. The first-order chi connectivity index (χ1) is 8.34. The molecule has 1 fully saturated rings. The van der Waals surface area contributed by atoms with Crippen molar-refractivity contribution in [3.63, 3.8) is 0 Å². The molecule has 1 aliphatic carbocycles. The molecule has 106 valence electrons. The van der Waals surface area contributed by atoms with Crippen LogP contribution in [0.3, 0.4) is 0 Å². The van der Waals surface area contributed by atoms with Gasteiger partial charge in [0.25, 0.3) is 0 Å². The summed E-state index contributed by atoms with van der Waals surface area (Å²) in [4.78, 5) is 11.9. The lowest BCUT2D eigenvalue weighted by Gasteiger charge is -2.34. The summed E-state index contributed by atoms with van der Waals surface area (Å²) in [6, 6.07) is 0.132. The van der Waals surface area contributed by atoms with E-state index in [0.29, 0.717) is 12.3 Å². The number of hydrogen-bond donors (Lipinski definition) is 3. The molecule has 3 N–H and O–H groups in total. The maximum atomic E-state index is 11.9. The number of hydrogen-bond acceptors (Lipinski definition) is 2. The summed E-state index contributed by atoms with van der Waals surface area (Å²) < 4.78 is 0. The third-order valence-corrected chi connectivity index (χ3v) is 3.98. The third-order valence-electron chi connectivity index (χ3n) is 3.98. The normalized spacial score (nSPS) is 19.8. The maximum Gasteiger partial charge on any atom is 0.315 e. The Morgan fingerprint density at radius 3 is 2.33 bits per heavy atom. The van der Waals surface area contributed by atoms with Gasteiger partial charge in [0.2, 0.25) is 0 Å². The van der Waals surface area contributed by atoms with Crippen LogP contribution in [0.4, 0.5) is 4.79 Å². The molecule has 4 nitrogen and oxygen atoms in total. The lowest BCUT2D eigenvalue weighted by molar-refractivity contribution is 0.180. The Kier molecular flexibility index (Phi) is 5.45. The van der Waals surface area contributed by atoms with Gasteiger partial charge in [0.1, 0.15) is 0 Å². The summed E-state index contributed by atoms with van der Waals surface area (Å²) in [5.74, 6) is 0.640. The third kappa shape index (κ3) is 4.48. The minimum absolute atomic E-state index is 0.00362. The smallest absolute Gasteiger partial charge is 0.315 e. The highest BCUT2D eigenvalue weighted by Gasteiger charge is 2.28. The van der Waals surface area contributed by atoms with Gasteiger partial charge in [-0.3, -0.25) is 0 Å². The molecule has 0 aromatic rings. The van der Waals surface area contributed by atoms with Crippen LogP contribution in [0, 0.1) is 11.3 Å². The van der Waals surface area contributed by atoms with Gasteiger partial charge in [-0.05, 0) is 37.5 Å². The van der Waals surface area contributed by atoms with Crippen molar-refractivity contribution >= 4 is 6.03 Å². The number of carbonyl (C=O) groups excluding carboxylic acids is 1. The second kappa shape index (κ2) is 6.41. The van der Waals surface area contributed by atoms with Crippen molar-refractivity contribution in [3.8, 4) is 0 Å². The number of carbonyl (C=O) groups is 1. The largest absolute Gasteiger partial charge is 0.396 e. The van der Waals surface area contributed by atoms with Crippen LogP contribution in [0.25, 0.3) is 0 Å². The molecule has 2 amide bonds. The Morgan fingerprint density at radius 1 is 1.33 bits per heavy atom. The molecule has 4 heteroatoms. The highest BCUT2D eigenvalue weighted by atomic mass is 16.3. The lowest BCUT2D eigenvalue weighted by Crippen LogP contribution is -2.52. The van der Waals surface area contributed by atoms with Crippen LogP contribution < -0.4 is 10.6 Å². The molecule has 0 unspecified atom stereocenters. The fourth-order valence-corrected chi connectivity index (χ4v) is 2.32. The van der Waals surface area contributed by atoms with Gasteiger partial charge in [0.05, 0.1) is 0 Å². The highest BCUT2D eigenvalue weighted by molar-refractivity contribution is 5.74. The van der Waals surface area contributed by atoms with Crippen molar-refractivity contribution in [2.24, 2.45) is 11.3 Å². The van der Waals surface area contributed by atoms with Crippen molar-refractivity contribution in [2.75, 3.05) is 6.61 Å². The van der Waals surface area contributed by atoms with Crippen molar-refractivity contribution in [1.29, 1.82) is 0 Å². The Morgan fingerprint density at radius 2 is 1.94 bits per heavy atom. The summed E-state index contributed by atoms with van der Waals surface area (Å²) >= 11 is 0. The minimum atomic E-state index is -0.109. The molecule has 1 aliphatic rings. The van der Waals surface area contributed by atoms with Crippen molar-refractivity contribution < 1.29 is 9.90 Å². The molecule has 2 atom stereocenters. The van der Waals surface area contributed by atoms with Crippen LogP contribution in [-0.2, 0) is 0 Å². The standard InChI is InChI=1S/C14H28N2O2/c1-10(11-6-5-7-11)15-13(18)16-12(8-9-17)14(2,3)4/h10-12,17H,5-9H2,1-4H3,(H2,15,16,18)/t10-,12+/m0/s1. The number of amides is 2. The van der Waals surface area contributed by atoms with E-state index in [1.54, 1.807) is 0 Å². The van der Waals surface area contributed by atoms with Gasteiger partial charge in [0.15, 0.2) is 0 Å².